The first-order valence-electron chi connectivity index (χ1n) is 6.08. The lowest BCUT2D eigenvalue weighted by Gasteiger charge is -2.07. The van der Waals surface area contributed by atoms with Crippen molar-refractivity contribution < 1.29 is 9.90 Å². The number of hydrogen-bond acceptors (Lipinski definition) is 3. The van der Waals surface area contributed by atoms with Crippen molar-refractivity contribution in [2.24, 2.45) is 7.05 Å². The molecule has 1 heterocycles. The molecule has 0 atom stereocenters. The van der Waals surface area contributed by atoms with Gasteiger partial charge < -0.3 is 10.4 Å². The summed E-state index contributed by atoms with van der Waals surface area (Å²) < 4.78 is 1.86. The second-order valence-electron chi connectivity index (χ2n) is 4.50. The second kappa shape index (κ2) is 5.67. The normalized spacial score (nSPS) is 10.6. The van der Waals surface area contributed by atoms with E-state index in [1.807, 2.05) is 37.0 Å². The summed E-state index contributed by atoms with van der Waals surface area (Å²) in [6.45, 7) is 3.47. The van der Waals surface area contributed by atoms with E-state index in [-0.39, 0.29) is 0 Å². The zero-order valence-electron chi connectivity index (χ0n) is 11.1. The molecule has 0 saturated carbocycles. The Morgan fingerprint density at radius 2 is 2.00 bits per heavy atom. The van der Waals surface area contributed by atoms with Gasteiger partial charge in [-0.05, 0) is 30.2 Å². The molecule has 0 bridgehead atoms. The number of carboxylic acid groups (broad SMARTS) is 1. The summed E-state index contributed by atoms with van der Waals surface area (Å²) in [7, 11) is 1.92. The Bertz CT molecular complexity index is 553. The predicted octanol–water partition coefficient (Wildman–Crippen LogP) is 1.72. The summed E-state index contributed by atoms with van der Waals surface area (Å²) in [6, 6.07) is 6.89. The van der Waals surface area contributed by atoms with Crippen LogP contribution in [0.15, 0.2) is 30.5 Å². The Morgan fingerprint density at radius 3 is 2.53 bits per heavy atom. The molecular formula is C14H17N3O2. The second-order valence-corrected chi connectivity index (χ2v) is 4.50. The van der Waals surface area contributed by atoms with E-state index < -0.39 is 5.97 Å². The number of aryl methyl sites for hydroxylation is 2. The van der Waals surface area contributed by atoms with Crippen molar-refractivity contribution in [3.63, 3.8) is 0 Å². The van der Waals surface area contributed by atoms with Crippen LogP contribution < -0.4 is 5.32 Å². The summed E-state index contributed by atoms with van der Waals surface area (Å²) >= 11 is 0. The lowest BCUT2D eigenvalue weighted by molar-refractivity contribution is 0.0697. The Kier molecular flexibility index (Phi) is 3.97. The molecule has 0 aliphatic heterocycles. The summed E-state index contributed by atoms with van der Waals surface area (Å²) in [6.07, 6.45) is 1.85. The Morgan fingerprint density at radius 1 is 1.32 bits per heavy atom. The van der Waals surface area contributed by atoms with Gasteiger partial charge in [-0.2, -0.15) is 5.10 Å². The van der Waals surface area contributed by atoms with E-state index in [4.69, 9.17) is 5.11 Å². The summed E-state index contributed by atoms with van der Waals surface area (Å²) in [5.41, 5.74) is 3.69. The number of hydrogen-bond donors (Lipinski definition) is 2. The van der Waals surface area contributed by atoms with Gasteiger partial charge in [-0.3, -0.25) is 4.68 Å². The van der Waals surface area contributed by atoms with Gasteiger partial charge in [0.15, 0.2) is 0 Å². The minimum Gasteiger partial charge on any atom is -0.478 e. The van der Waals surface area contributed by atoms with Crippen molar-refractivity contribution in [2.75, 3.05) is 0 Å². The smallest absolute Gasteiger partial charge is 0.335 e. The van der Waals surface area contributed by atoms with Gasteiger partial charge in [-0.1, -0.05) is 12.1 Å². The van der Waals surface area contributed by atoms with Gasteiger partial charge in [0.2, 0.25) is 0 Å². The molecule has 0 amide bonds. The topological polar surface area (TPSA) is 67.2 Å². The number of rotatable bonds is 5. The lowest BCUT2D eigenvalue weighted by Crippen LogP contribution is -2.16. The molecule has 2 rings (SSSR count). The van der Waals surface area contributed by atoms with Crippen molar-refractivity contribution in [3.8, 4) is 0 Å². The predicted molar refractivity (Wildman–Crippen MR) is 71.9 cm³/mol. The van der Waals surface area contributed by atoms with E-state index in [0.29, 0.717) is 12.1 Å². The highest BCUT2D eigenvalue weighted by Crippen LogP contribution is 2.07. The molecule has 100 valence electrons. The monoisotopic (exact) mass is 259 g/mol. The number of carbonyl (C=O) groups is 1. The largest absolute Gasteiger partial charge is 0.478 e. The van der Waals surface area contributed by atoms with Crippen LogP contribution in [0.1, 0.15) is 27.2 Å². The molecule has 2 N–H and O–H groups in total. The van der Waals surface area contributed by atoms with Gasteiger partial charge in [0.1, 0.15) is 0 Å². The fourth-order valence-corrected chi connectivity index (χ4v) is 1.92. The molecule has 5 heteroatoms. The maximum absolute atomic E-state index is 10.7. The number of aromatic carboxylic acids is 1. The van der Waals surface area contributed by atoms with Crippen LogP contribution in [0, 0.1) is 6.92 Å². The van der Waals surface area contributed by atoms with Gasteiger partial charge in [-0.25, -0.2) is 4.79 Å². The molecule has 5 nitrogen and oxygen atoms in total. The fourth-order valence-electron chi connectivity index (χ4n) is 1.92. The summed E-state index contributed by atoms with van der Waals surface area (Å²) in [4.78, 5) is 10.7. The number of benzene rings is 1. The van der Waals surface area contributed by atoms with Crippen LogP contribution in [0.3, 0.4) is 0 Å². The Labute approximate surface area is 111 Å². The third-order valence-corrected chi connectivity index (χ3v) is 3.09. The van der Waals surface area contributed by atoms with Gasteiger partial charge in [0.25, 0.3) is 0 Å². The average molecular weight is 259 g/mol. The summed E-state index contributed by atoms with van der Waals surface area (Å²) in [5, 5.41) is 16.3. The molecule has 0 aliphatic carbocycles. The molecule has 0 spiro atoms. The maximum Gasteiger partial charge on any atom is 0.335 e. The SMILES string of the molecule is Cc1cnn(C)c1CNCc1ccc(C(=O)O)cc1. The standard InChI is InChI=1S/C14H17N3O2/c1-10-7-16-17(2)13(10)9-15-8-11-3-5-12(6-4-11)14(18)19/h3-7,15H,8-9H2,1-2H3,(H,18,19). The Hall–Kier alpha value is -2.14. The summed E-state index contributed by atoms with van der Waals surface area (Å²) in [5.74, 6) is -0.898. The maximum atomic E-state index is 10.7. The van der Waals surface area contributed by atoms with Crippen molar-refractivity contribution in [2.45, 2.75) is 20.0 Å². The van der Waals surface area contributed by atoms with Gasteiger partial charge in [0.05, 0.1) is 17.5 Å². The third-order valence-electron chi connectivity index (χ3n) is 3.09. The van der Waals surface area contributed by atoms with Crippen molar-refractivity contribution >= 4 is 5.97 Å². The van der Waals surface area contributed by atoms with E-state index in [9.17, 15) is 4.79 Å². The van der Waals surface area contributed by atoms with E-state index in [1.165, 1.54) is 0 Å². The first kappa shape index (κ1) is 13.3. The first-order valence-corrected chi connectivity index (χ1v) is 6.08. The quantitative estimate of drug-likeness (QED) is 0.858. The van der Waals surface area contributed by atoms with Crippen LogP contribution in [0.4, 0.5) is 0 Å². The van der Waals surface area contributed by atoms with Crippen LogP contribution in [0.25, 0.3) is 0 Å². The van der Waals surface area contributed by atoms with Gasteiger partial charge >= 0.3 is 5.97 Å². The fraction of sp³-hybridized carbons (Fsp3) is 0.286. The van der Waals surface area contributed by atoms with E-state index in [1.54, 1.807) is 12.1 Å². The minimum absolute atomic E-state index is 0.311. The molecule has 0 fully saturated rings. The first-order chi connectivity index (χ1) is 9.08. The number of carboxylic acids is 1. The van der Waals surface area contributed by atoms with Crippen LogP contribution in [0.5, 0.6) is 0 Å². The van der Waals surface area contributed by atoms with Crippen molar-refractivity contribution in [1.29, 1.82) is 0 Å². The zero-order valence-corrected chi connectivity index (χ0v) is 11.1. The highest BCUT2D eigenvalue weighted by Gasteiger charge is 2.04. The molecule has 1 aromatic carbocycles. The Balaban J connectivity index is 1.91. The molecule has 0 aliphatic rings. The average Bonchev–Trinajstić information content (AvgIpc) is 2.71. The molecule has 0 radical (unpaired) electrons. The van der Waals surface area contributed by atoms with Crippen molar-refractivity contribution in [3.05, 3.63) is 52.8 Å². The highest BCUT2D eigenvalue weighted by molar-refractivity contribution is 5.87. The number of nitrogens with one attached hydrogen (secondary N) is 1. The molecule has 19 heavy (non-hydrogen) atoms. The van der Waals surface area contributed by atoms with E-state index in [0.717, 1.165) is 23.4 Å². The number of nitrogens with zero attached hydrogens (tertiary/aromatic N) is 2. The van der Waals surface area contributed by atoms with Crippen molar-refractivity contribution in [1.82, 2.24) is 15.1 Å². The molecule has 0 saturated heterocycles. The van der Waals surface area contributed by atoms with Crippen LogP contribution in [0.2, 0.25) is 0 Å². The molecule has 2 aromatic rings. The third kappa shape index (κ3) is 3.20. The highest BCUT2D eigenvalue weighted by atomic mass is 16.4. The van der Waals surface area contributed by atoms with E-state index >= 15 is 0 Å². The van der Waals surface area contributed by atoms with Gasteiger partial charge in [0, 0.05) is 20.1 Å². The van der Waals surface area contributed by atoms with Crippen LogP contribution in [-0.4, -0.2) is 20.9 Å². The lowest BCUT2D eigenvalue weighted by atomic mass is 10.1. The molecular weight excluding hydrogens is 242 g/mol. The molecule has 0 unspecified atom stereocenters. The van der Waals surface area contributed by atoms with Crippen LogP contribution in [-0.2, 0) is 20.1 Å². The van der Waals surface area contributed by atoms with Crippen LogP contribution >= 0.6 is 0 Å². The zero-order chi connectivity index (χ0) is 13.8. The van der Waals surface area contributed by atoms with Gasteiger partial charge in [-0.15, -0.1) is 0 Å². The molecule has 1 aromatic heterocycles. The number of aromatic nitrogens is 2. The minimum atomic E-state index is -0.898. The van der Waals surface area contributed by atoms with E-state index in [2.05, 4.69) is 10.4 Å².